The Morgan fingerprint density at radius 3 is 2.80 bits per heavy atom. The Morgan fingerprint density at radius 1 is 1.00 bits per heavy atom. The minimum Gasteiger partial charge on any atom is -0.384 e. The molecular weight excluding hydrogens is 314 g/mol. The number of nitrogens with zero attached hydrogens (tertiary/aromatic N) is 5. The number of aromatic amines is 1. The Bertz CT molecular complexity index is 1210. The van der Waals surface area contributed by atoms with Crippen molar-refractivity contribution < 1.29 is 0 Å². The number of nitrogen functional groups attached to an aromatic ring is 1. The van der Waals surface area contributed by atoms with E-state index in [1.807, 2.05) is 36.5 Å². The van der Waals surface area contributed by atoms with E-state index in [1.54, 1.807) is 23.1 Å². The molecule has 4 heterocycles. The zero-order chi connectivity index (χ0) is 16.8. The molecule has 0 bridgehead atoms. The van der Waals surface area contributed by atoms with Gasteiger partial charge in [0.25, 0.3) is 0 Å². The highest BCUT2D eigenvalue weighted by Gasteiger charge is 2.13. The molecule has 3 N–H and O–H groups in total. The molecule has 0 atom stereocenters. The van der Waals surface area contributed by atoms with Crippen molar-refractivity contribution in [3.8, 4) is 22.4 Å². The number of para-hydroxylation sites is 1. The molecule has 0 saturated heterocycles. The summed E-state index contributed by atoms with van der Waals surface area (Å²) < 4.78 is 1.63. The van der Waals surface area contributed by atoms with E-state index < -0.39 is 0 Å². The predicted molar refractivity (Wildman–Crippen MR) is 95.7 cm³/mol. The fraction of sp³-hybridized carbons (Fsp3) is 0. The van der Waals surface area contributed by atoms with Crippen LogP contribution >= 0.6 is 0 Å². The summed E-state index contributed by atoms with van der Waals surface area (Å²) in [7, 11) is 0. The fourth-order valence-corrected chi connectivity index (χ4v) is 2.95. The molecule has 7 nitrogen and oxygen atoms in total. The number of fused-ring (bicyclic) bond motifs is 2. The smallest absolute Gasteiger partial charge is 0.165 e. The van der Waals surface area contributed by atoms with Gasteiger partial charge >= 0.3 is 0 Å². The highest BCUT2D eigenvalue weighted by Crippen LogP contribution is 2.28. The predicted octanol–water partition coefficient (Wildman–Crippen LogP) is 2.92. The van der Waals surface area contributed by atoms with Crippen LogP contribution in [0.5, 0.6) is 0 Å². The number of nitrogens with two attached hydrogens (primary N) is 1. The molecule has 0 saturated carbocycles. The van der Waals surface area contributed by atoms with E-state index in [2.05, 4.69) is 26.3 Å². The molecule has 0 unspecified atom stereocenters. The summed E-state index contributed by atoms with van der Waals surface area (Å²) >= 11 is 0. The molecule has 0 amide bonds. The van der Waals surface area contributed by atoms with Gasteiger partial charge < -0.3 is 5.73 Å². The summed E-state index contributed by atoms with van der Waals surface area (Å²) in [5, 5.41) is 12.2. The Labute approximate surface area is 142 Å². The average Bonchev–Trinajstić information content (AvgIpc) is 3.30. The molecule has 1 aromatic carbocycles. The van der Waals surface area contributed by atoms with Crippen LogP contribution < -0.4 is 5.73 Å². The van der Waals surface area contributed by atoms with Crippen LogP contribution in [0.4, 0.5) is 5.82 Å². The number of benzene rings is 1. The third kappa shape index (κ3) is 2.13. The van der Waals surface area contributed by atoms with Crippen molar-refractivity contribution in [3.05, 3.63) is 61.2 Å². The van der Waals surface area contributed by atoms with Crippen molar-refractivity contribution in [1.29, 1.82) is 0 Å². The van der Waals surface area contributed by atoms with Crippen molar-refractivity contribution in [2.75, 3.05) is 5.73 Å². The molecule has 5 aromatic rings. The van der Waals surface area contributed by atoms with Crippen LogP contribution in [0.25, 0.3) is 38.9 Å². The summed E-state index contributed by atoms with van der Waals surface area (Å²) in [5.74, 6) is 0.517. The number of aromatic nitrogens is 6. The monoisotopic (exact) mass is 327 g/mol. The van der Waals surface area contributed by atoms with Gasteiger partial charge in [0.15, 0.2) is 5.65 Å². The Morgan fingerprint density at radius 2 is 1.92 bits per heavy atom. The summed E-state index contributed by atoms with van der Waals surface area (Å²) in [6.07, 6.45) is 7.10. The Balaban J connectivity index is 1.74. The maximum Gasteiger partial charge on any atom is 0.165 e. The second-order valence-corrected chi connectivity index (χ2v) is 5.76. The van der Waals surface area contributed by atoms with Gasteiger partial charge in [-0.25, -0.2) is 4.98 Å². The van der Waals surface area contributed by atoms with Gasteiger partial charge in [-0.15, -0.1) is 0 Å². The van der Waals surface area contributed by atoms with Gasteiger partial charge in [-0.05, 0) is 12.1 Å². The highest BCUT2D eigenvalue weighted by atomic mass is 15.3. The molecule has 0 aliphatic heterocycles. The summed E-state index contributed by atoms with van der Waals surface area (Å²) in [4.78, 5) is 9.28. The average molecular weight is 327 g/mol. The number of H-pyrrole nitrogens is 1. The topological polar surface area (TPSA) is 97.8 Å². The van der Waals surface area contributed by atoms with Crippen molar-refractivity contribution in [3.63, 3.8) is 0 Å². The lowest BCUT2D eigenvalue weighted by atomic mass is 10.1. The van der Waals surface area contributed by atoms with Gasteiger partial charge in [-0.1, -0.05) is 18.2 Å². The van der Waals surface area contributed by atoms with E-state index in [1.165, 1.54) is 0 Å². The van der Waals surface area contributed by atoms with Crippen LogP contribution in [-0.2, 0) is 0 Å². The lowest BCUT2D eigenvalue weighted by Gasteiger charge is -2.06. The molecule has 4 aromatic heterocycles. The van der Waals surface area contributed by atoms with E-state index in [4.69, 9.17) is 10.7 Å². The molecule has 0 fully saturated rings. The summed E-state index contributed by atoms with van der Waals surface area (Å²) in [6.45, 7) is 0. The van der Waals surface area contributed by atoms with Crippen LogP contribution in [-0.4, -0.2) is 29.8 Å². The number of hydrogen-bond acceptors (Lipinski definition) is 5. The normalized spacial score (nSPS) is 11.4. The lowest BCUT2D eigenvalue weighted by Crippen LogP contribution is -2.01. The quantitative estimate of drug-likeness (QED) is 0.519. The molecule has 5 rings (SSSR count). The molecule has 0 spiro atoms. The first-order valence-electron chi connectivity index (χ1n) is 7.78. The minimum atomic E-state index is 0.517. The number of pyridine rings is 1. The van der Waals surface area contributed by atoms with Crippen molar-refractivity contribution in [2.24, 2.45) is 0 Å². The van der Waals surface area contributed by atoms with E-state index in [9.17, 15) is 0 Å². The second-order valence-electron chi connectivity index (χ2n) is 5.76. The zero-order valence-electron chi connectivity index (χ0n) is 13.1. The Hall–Kier alpha value is -3.74. The third-order valence-electron chi connectivity index (χ3n) is 4.19. The van der Waals surface area contributed by atoms with Gasteiger partial charge in [0.1, 0.15) is 5.82 Å². The van der Waals surface area contributed by atoms with E-state index in [0.717, 1.165) is 33.3 Å². The first kappa shape index (κ1) is 13.7. The number of anilines is 1. The summed E-state index contributed by atoms with van der Waals surface area (Å²) in [6, 6.07) is 11.9. The molecule has 120 valence electrons. The first-order valence-corrected chi connectivity index (χ1v) is 7.78. The van der Waals surface area contributed by atoms with E-state index in [0.29, 0.717) is 11.5 Å². The van der Waals surface area contributed by atoms with Gasteiger partial charge in [0, 0.05) is 40.5 Å². The number of hydrogen-bond donors (Lipinski definition) is 2. The van der Waals surface area contributed by atoms with Gasteiger partial charge in [0.2, 0.25) is 0 Å². The largest absolute Gasteiger partial charge is 0.384 e. The molecule has 0 radical (unpaired) electrons. The SMILES string of the molecule is Nc1cc(-c2cnc3ccccc3c2)nc2c(-c3cn[nH]c3)cnn12. The zero-order valence-corrected chi connectivity index (χ0v) is 13.1. The van der Waals surface area contributed by atoms with Crippen molar-refractivity contribution in [1.82, 2.24) is 29.8 Å². The standard InChI is InChI=1S/C18H13N7/c19-17-6-16(12-5-11-3-1-2-4-15(11)20-7-12)24-18-14(10-23-25(17)18)13-8-21-22-9-13/h1-10H,19H2,(H,21,22). The van der Waals surface area contributed by atoms with Crippen LogP contribution in [0.2, 0.25) is 0 Å². The van der Waals surface area contributed by atoms with Crippen LogP contribution in [0, 0.1) is 0 Å². The Kier molecular flexibility index (Phi) is 2.81. The molecule has 0 aliphatic rings. The van der Waals surface area contributed by atoms with Crippen LogP contribution in [0.1, 0.15) is 0 Å². The lowest BCUT2D eigenvalue weighted by molar-refractivity contribution is 0.953. The fourth-order valence-electron chi connectivity index (χ4n) is 2.95. The maximum atomic E-state index is 6.19. The number of rotatable bonds is 2. The van der Waals surface area contributed by atoms with Crippen LogP contribution in [0.3, 0.4) is 0 Å². The van der Waals surface area contributed by atoms with E-state index >= 15 is 0 Å². The molecule has 7 heteroatoms. The van der Waals surface area contributed by atoms with Gasteiger partial charge in [-0.3, -0.25) is 10.1 Å². The second kappa shape index (κ2) is 5.13. The van der Waals surface area contributed by atoms with Crippen molar-refractivity contribution in [2.45, 2.75) is 0 Å². The third-order valence-corrected chi connectivity index (χ3v) is 4.19. The number of nitrogens with one attached hydrogen (secondary N) is 1. The first-order chi connectivity index (χ1) is 12.3. The highest BCUT2D eigenvalue weighted by molar-refractivity contribution is 5.84. The molecular formula is C18H13N7. The maximum absolute atomic E-state index is 6.19. The van der Waals surface area contributed by atoms with Gasteiger partial charge in [0.05, 0.1) is 23.6 Å². The van der Waals surface area contributed by atoms with Crippen molar-refractivity contribution >= 4 is 22.4 Å². The van der Waals surface area contributed by atoms with Gasteiger partial charge in [-0.2, -0.15) is 14.7 Å². The van der Waals surface area contributed by atoms with Crippen LogP contribution in [0.15, 0.2) is 61.2 Å². The molecule has 25 heavy (non-hydrogen) atoms. The molecule has 0 aliphatic carbocycles. The summed E-state index contributed by atoms with van der Waals surface area (Å²) in [5.41, 5.74) is 11.3. The minimum absolute atomic E-state index is 0.517. The van der Waals surface area contributed by atoms with E-state index in [-0.39, 0.29) is 0 Å².